The lowest BCUT2D eigenvalue weighted by Gasteiger charge is -1.85. The van der Waals surface area contributed by atoms with E-state index in [4.69, 9.17) is 0 Å². The van der Waals surface area contributed by atoms with Crippen molar-refractivity contribution in [1.82, 2.24) is 0 Å². The van der Waals surface area contributed by atoms with Crippen LogP contribution >= 0.6 is 25.3 Å². The van der Waals surface area contributed by atoms with Gasteiger partial charge in [-0.1, -0.05) is 12.2 Å². The van der Waals surface area contributed by atoms with Crippen molar-refractivity contribution in [2.24, 2.45) is 0 Å². The molecule has 0 atom stereocenters. The minimum Gasteiger partial charge on any atom is -0.146 e. The second kappa shape index (κ2) is 1.97. The molecule has 1 aliphatic carbocycles. The van der Waals surface area contributed by atoms with Crippen LogP contribution in [0.15, 0.2) is 22.0 Å². The summed E-state index contributed by atoms with van der Waals surface area (Å²) in [5.74, 6) is 0. The molecule has 0 aromatic heterocycles. The standard InChI is InChI=1S/C5H6S2/c6-4-2-1-3-5(4)7/h1-2,6-7H,3H2. The molecule has 0 saturated heterocycles. The van der Waals surface area contributed by atoms with E-state index in [0.717, 1.165) is 16.2 Å². The smallest absolute Gasteiger partial charge is 0.0133 e. The topological polar surface area (TPSA) is 0 Å². The summed E-state index contributed by atoms with van der Waals surface area (Å²) in [6, 6.07) is 0. The van der Waals surface area contributed by atoms with E-state index < -0.39 is 0 Å². The van der Waals surface area contributed by atoms with Crippen molar-refractivity contribution in [3.05, 3.63) is 22.0 Å². The van der Waals surface area contributed by atoms with Crippen molar-refractivity contribution >= 4 is 25.3 Å². The van der Waals surface area contributed by atoms with Gasteiger partial charge in [0, 0.05) is 4.91 Å². The molecule has 0 heterocycles. The van der Waals surface area contributed by atoms with Crippen LogP contribution in [0, 0.1) is 0 Å². The summed E-state index contributed by atoms with van der Waals surface area (Å²) in [5, 5.41) is 0. The molecule has 0 amide bonds. The first-order valence-corrected chi connectivity index (χ1v) is 2.98. The molecule has 2 heteroatoms. The SMILES string of the molecule is SC1=C(S)CC=C1. The van der Waals surface area contributed by atoms with E-state index in [9.17, 15) is 0 Å². The molecular weight excluding hydrogens is 124 g/mol. The Bertz CT molecular complexity index is 133. The second-order valence-corrected chi connectivity index (χ2v) is 2.46. The van der Waals surface area contributed by atoms with E-state index in [1.807, 2.05) is 12.2 Å². The Kier molecular flexibility index (Phi) is 1.50. The Hall–Kier alpha value is 0.180. The van der Waals surface area contributed by atoms with E-state index in [1.165, 1.54) is 0 Å². The van der Waals surface area contributed by atoms with Gasteiger partial charge in [0.15, 0.2) is 0 Å². The van der Waals surface area contributed by atoms with Crippen molar-refractivity contribution in [3.8, 4) is 0 Å². The average molecular weight is 130 g/mol. The zero-order valence-corrected chi connectivity index (χ0v) is 5.55. The Morgan fingerprint density at radius 3 is 2.29 bits per heavy atom. The Morgan fingerprint density at radius 2 is 2.14 bits per heavy atom. The molecule has 0 unspecified atom stereocenters. The lowest BCUT2D eigenvalue weighted by Crippen LogP contribution is -1.60. The number of allylic oxidation sites excluding steroid dienone is 3. The van der Waals surface area contributed by atoms with Gasteiger partial charge in [0.25, 0.3) is 0 Å². The van der Waals surface area contributed by atoms with Crippen LogP contribution < -0.4 is 0 Å². The van der Waals surface area contributed by atoms with E-state index >= 15 is 0 Å². The molecule has 0 aliphatic heterocycles. The zero-order valence-electron chi connectivity index (χ0n) is 3.76. The third-order valence-electron chi connectivity index (χ3n) is 0.883. The fourth-order valence-electron chi connectivity index (χ4n) is 0.483. The van der Waals surface area contributed by atoms with Gasteiger partial charge in [-0.05, 0) is 11.3 Å². The highest BCUT2D eigenvalue weighted by Gasteiger charge is 1.97. The molecule has 1 rings (SSSR count). The van der Waals surface area contributed by atoms with Crippen molar-refractivity contribution in [1.29, 1.82) is 0 Å². The lowest BCUT2D eigenvalue weighted by molar-refractivity contribution is 1.42. The summed E-state index contributed by atoms with van der Waals surface area (Å²) < 4.78 is 0. The van der Waals surface area contributed by atoms with Crippen molar-refractivity contribution in [2.45, 2.75) is 6.42 Å². The van der Waals surface area contributed by atoms with E-state index in [-0.39, 0.29) is 0 Å². The largest absolute Gasteiger partial charge is 0.146 e. The maximum Gasteiger partial charge on any atom is 0.0133 e. The number of hydrogen-bond acceptors (Lipinski definition) is 2. The molecule has 0 saturated carbocycles. The predicted octanol–water partition coefficient (Wildman–Crippen LogP) is 2.02. The molecule has 0 nitrogen and oxygen atoms in total. The van der Waals surface area contributed by atoms with Gasteiger partial charge in [0.05, 0.1) is 0 Å². The minimum atomic E-state index is 0.960. The summed E-state index contributed by atoms with van der Waals surface area (Å²) in [6.45, 7) is 0. The van der Waals surface area contributed by atoms with Gasteiger partial charge in [-0.25, -0.2) is 0 Å². The quantitative estimate of drug-likeness (QED) is 0.460. The van der Waals surface area contributed by atoms with Gasteiger partial charge < -0.3 is 0 Å². The lowest BCUT2D eigenvalue weighted by atomic mass is 10.5. The van der Waals surface area contributed by atoms with E-state index in [0.29, 0.717) is 0 Å². The molecule has 38 valence electrons. The first-order valence-electron chi connectivity index (χ1n) is 2.08. The maximum atomic E-state index is 4.13. The number of hydrogen-bond donors (Lipinski definition) is 2. The molecule has 0 fully saturated rings. The van der Waals surface area contributed by atoms with Gasteiger partial charge in [0.1, 0.15) is 0 Å². The summed E-state index contributed by atoms with van der Waals surface area (Å²) in [6.07, 6.45) is 4.97. The first-order chi connectivity index (χ1) is 3.30. The highest BCUT2D eigenvalue weighted by atomic mass is 32.1. The molecule has 0 spiro atoms. The average Bonchev–Trinajstić information content (AvgIpc) is 1.91. The first kappa shape index (κ1) is 5.32. The molecule has 7 heavy (non-hydrogen) atoms. The molecule has 1 aliphatic rings. The van der Waals surface area contributed by atoms with Crippen LogP contribution in [0.4, 0.5) is 0 Å². The Labute approximate surface area is 54.1 Å². The third-order valence-corrected chi connectivity index (χ3v) is 1.90. The van der Waals surface area contributed by atoms with Gasteiger partial charge in [-0.2, -0.15) is 0 Å². The van der Waals surface area contributed by atoms with Gasteiger partial charge >= 0.3 is 0 Å². The van der Waals surface area contributed by atoms with Crippen molar-refractivity contribution < 1.29 is 0 Å². The fourth-order valence-corrected chi connectivity index (χ4v) is 0.860. The minimum absolute atomic E-state index is 0.960. The van der Waals surface area contributed by atoms with Crippen LogP contribution in [0.2, 0.25) is 0 Å². The molecule has 0 N–H and O–H groups in total. The van der Waals surface area contributed by atoms with Crippen LogP contribution in [0.1, 0.15) is 6.42 Å². The molecule has 0 aromatic carbocycles. The summed E-state index contributed by atoms with van der Waals surface area (Å²) in [5.41, 5.74) is 0. The van der Waals surface area contributed by atoms with Gasteiger partial charge in [-0.3, -0.25) is 0 Å². The maximum absolute atomic E-state index is 4.13. The molecule has 0 bridgehead atoms. The van der Waals surface area contributed by atoms with Crippen LogP contribution in [-0.4, -0.2) is 0 Å². The van der Waals surface area contributed by atoms with Crippen molar-refractivity contribution in [2.75, 3.05) is 0 Å². The van der Waals surface area contributed by atoms with E-state index in [1.54, 1.807) is 0 Å². The Morgan fingerprint density at radius 1 is 1.43 bits per heavy atom. The van der Waals surface area contributed by atoms with Crippen LogP contribution in [0.25, 0.3) is 0 Å². The Balaban J connectivity index is 2.79. The predicted molar refractivity (Wildman–Crippen MR) is 38.8 cm³/mol. The number of thiol groups is 2. The molecule has 0 aromatic rings. The van der Waals surface area contributed by atoms with Crippen LogP contribution in [0.5, 0.6) is 0 Å². The van der Waals surface area contributed by atoms with Crippen molar-refractivity contribution in [3.63, 3.8) is 0 Å². The fraction of sp³-hybridized carbons (Fsp3) is 0.200. The zero-order chi connectivity index (χ0) is 5.28. The summed E-state index contributed by atoms with van der Waals surface area (Å²) >= 11 is 8.23. The second-order valence-electron chi connectivity index (χ2n) is 1.44. The normalized spacial score (nSPS) is 19.1. The highest BCUT2D eigenvalue weighted by Crippen LogP contribution is 2.23. The number of rotatable bonds is 0. The van der Waals surface area contributed by atoms with Gasteiger partial charge in [-0.15, -0.1) is 25.3 Å². The van der Waals surface area contributed by atoms with Crippen LogP contribution in [-0.2, 0) is 0 Å². The van der Waals surface area contributed by atoms with Gasteiger partial charge in [0.2, 0.25) is 0 Å². The van der Waals surface area contributed by atoms with E-state index in [2.05, 4.69) is 25.3 Å². The summed E-state index contributed by atoms with van der Waals surface area (Å²) in [4.78, 5) is 2.08. The summed E-state index contributed by atoms with van der Waals surface area (Å²) in [7, 11) is 0. The highest BCUT2D eigenvalue weighted by molar-refractivity contribution is 7.88. The third kappa shape index (κ3) is 1.04. The molecular formula is C5H6S2. The van der Waals surface area contributed by atoms with Crippen LogP contribution in [0.3, 0.4) is 0 Å². The monoisotopic (exact) mass is 130 g/mol. The molecule has 0 radical (unpaired) electrons.